The minimum atomic E-state index is 1.05. The Morgan fingerprint density at radius 2 is 1.10 bits per heavy atom. The van der Waals surface area contributed by atoms with Crippen LogP contribution in [-0.2, 0) is 6.42 Å². The maximum Gasteiger partial charge on any atom is -0.00698 e. The van der Waals surface area contributed by atoms with Gasteiger partial charge in [0.25, 0.3) is 0 Å². The van der Waals surface area contributed by atoms with Crippen molar-refractivity contribution >= 4 is 0 Å². The molecule has 0 radical (unpaired) electrons. The van der Waals surface area contributed by atoms with Gasteiger partial charge in [-0.2, -0.15) is 0 Å². The molecule has 0 amide bonds. The minimum absolute atomic E-state index is 1.05. The number of rotatable bonds is 4. The Hall–Kier alpha value is -3.12. The van der Waals surface area contributed by atoms with E-state index in [1.54, 1.807) is 0 Å². The lowest BCUT2D eigenvalue weighted by Crippen LogP contribution is -1.97. The number of benzene rings is 4. The van der Waals surface area contributed by atoms with Crippen molar-refractivity contribution in [2.75, 3.05) is 0 Å². The van der Waals surface area contributed by atoms with Crippen LogP contribution in [-0.4, -0.2) is 0 Å². The molecule has 0 unspecified atom stereocenters. The van der Waals surface area contributed by atoms with Gasteiger partial charge in [-0.25, -0.2) is 0 Å². The fraction of sp³-hybridized carbons (Fsp3) is 0.226. The molecule has 0 saturated carbocycles. The third-order valence-corrected chi connectivity index (χ3v) is 6.49. The third kappa shape index (κ3) is 4.08. The Kier molecular flexibility index (Phi) is 5.83. The Morgan fingerprint density at radius 1 is 0.516 bits per heavy atom. The van der Waals surface area contributed by atoms with Crippen molar-refractivity contribution < 1.29 is 0 Å². The second-order valence-electron chi connectivity index (χ2n) is 8.85. The van der Waals surface area contributed by atoms with Crippen molar-refractivity contribution in [3.8, 4) is 33.4 Å². The van der Waals surface area contributed by atoms with Crippen LogP contribution >= 0.6 is 0 Å². The zero-order chi connectivity index (χ0) is 22.1. The van der Waals surface area contributed by atoms with Gasteiger partial charge in [-0.05, 0) is 96.7 Å². The summed E-state index contributed by atoms with van der Waals surface area (Å²) in [4.78, 5) is 0. The topological polar surface area (TPSA) is 0 Å². The monoisotopic (exact) mass is 404 g/mol. The highest BCUT2D eigenvalue weighted by Crippen LogP contribution is 2.41. The molecule has 0 heteroatoms. The average molecular weight is 405 g/mol. The zero-order valence-corrected chi connectivity index (χ0v) is 19.6. The largest absolute Gasteiger partial charge is 0.0613 e. The summed E-state index contributed by atoms with van der Waals surface area (Å²) >= 11 is 0. The van der Waals surface area contributed by atoms with E-state index < -0.39 is 0 Å². The van der Waals surface area contributed by atoms with Gasteiger partial charge in [0.1, 0.15) is 0 Å². The van der Waals surface area contributed by atoms with E-state index in [2.05, 4.69) is 114 Å². The average Bonchev–Trinajstić information content (AvgIpc) is 2.77. The van der Waals surface area contributed by atoms with E-state index in [-0.39, 0.29) is 0 Å². The van der Waals surface area contributed by atoms with Crippen LogP contribution in [0.25, 0.3) is 33.4 Å². The fourth-order valence-corrected chi connectivity index (χ4v) is 4.53. The first-order valence-electron chi connectivity index (χ1n) is 11.3. The lowest BCUT2D eigenvalue weighted by molar-refractivity contribution is 1.14. The van der Waals surface area contributed by atoms with Gasteiger partial charge in [-0.3, -0.25) is 0 Å². The maximum absolute atomic E-state index is 2.37. The Morgan fingerprint density at radius 3 is 1.77 bits per heavy atom. The highest BCUT2D eigenvalue weighted by atomic mass is 14.2. The summed E-state index contributed by atoms with van der Waals surface area (Å²) in [6.45, 7) is 13.3. The number of aryl methyl sites for hydroxylation is 5. The summed E-state index contributed by atoms with van der Waals surface area (Å²) in [6.07, 6.45) is 1.05. The predicted octanol–water partition coefficient (Wildman–Crippen LogP) is 8.79. The van der Waals surface area contributed by atoms with Gasteiger partial charge in [-0.15, -0.1) is 0 Å². The summed E-state index contributed by atoms with van der Waals surface area (Å²) in [5, 5.41) is 0. The first kappa shape index (κ1) is 21.1. The number of hydrogen-bond donors (Lipinski definition) is 0. The molecule has 0 heterocycles. The van der Waals surface area contributed by atoms with Gasteiger partial charge in [0.05, 0.1) is 0 Å². The molecule has 0 N–H and O–H groups in total. The summed E-state index contributed by atoms with van der Waals surface area (Å²) in [5.41, 5.74) is 15.9. The van der Waals surface area contributed by atoms with Crippen molar-refractivity contribution in [3.05, 3.63) is 106 Å². The standard InChI is InChI=1S/C31H32/c1-7-25-13-12-23(5)30(19-25)28-17-16-27(29-18-21(3)8-11-22(29)4)24(6)31(28)26-14-9-20(2)10-15-26/h8-19H,7H2,1-6H3. The summed E-state index contributed by atoms with van der Waals surface area (Å²) in [5.74, 6) is 0. The SMILES string of the molecule is CCc1ccc(C)c(-c2ccc(-c3cc(C)ccc3C)c(C)c2-c2ccc(C)cc2)c1. The second-order valence-corrected chi connectivity index (χ2v) is 8.85. The zero-order valence-electron chi connectivity index (χ0n) is 19.6. The van der Waals surface area contributed by atoms with Crippen molar-refractivity contribution in [1.29, 1.82) is 0 Å². The molecule has 4 rings (SSSR count). The summed E-state index contributed by atoms with van der Waals surface area (Å²) in [6, 6.07) is 27.3. The van der Waals surface area contributed by atoms with Gasteiger partial charge < -0.3 is 0 Å². The van der Waals surface area contributed by atoms with Gasteiger partial charge in [0.15, 0.2) is 0 Å². The molecule has 0 nitrogen and oxygen atoms in total. The van der Waals surface area contributed by atoms with Crippen LogP contribution in [0, 0.1) is 34.6 Å². The molecular formula is C31H32. The smallest absolute Gasteiger partial charge is 0.00698 e. The Bertz CT molecular complexity index is 1240. The van der Waals surface area contributed by atoms with Crippen molar-refractivity contribution in [2.45, 2.75) is 48.0 Å². The molecule has 0 bridgehead atoms. The van der Waals surface area contributed by atoms with Gasteiger partial charge in [-0.1, -0.05) is 90.8 Å². The van der Waals surface area contributed by atoms with Crippen molar-refractivity contribution in [2.24, 2.45) is 0 Å². The van der Waals surface area contributed by atoms with E-state index in [1.165, 1.54) is 66.8 Å². The van der Waals surface area contributed by atoms with E-state index in [1.807, 2.05) is 0 Å². The Labute approximate surface area is 187 Å². The van der Waals surface area contributed by atoms with Crippen LogP contribution in [0.2, 0.25) is 0 Å². The van der Waals surface area contributed by atoms with E-state index in [0.29, 0.717) is 0 Å². The summed E-state index contributed by atoms with van der Waals surface area (Å²) in [7, 11) is 0. The molecule has 0 fully saturated rings. The van der Waals surface area contributed by atoms with E-state index in [0.717, 1.165) is 6.42 Å². The molecule has 156 valence electrons. The van der Waals surface area contributed by atoms with Crippen LogP contribution in [0.1, 0.15) is 40.3 Å². The third-order valence-electron chi connectivity index (χ3n) is 6.49. The van der Waals surface area contributed by atoms with Crippen LogP contribution in [0.5, 0.6) is 0 Å². The lowest BCUT2D eigenvalue weighted by atomic mass is 9.84. The molecule has 4 aromatic rings. The second kappa shape index (κ2) is 8.55. The molecule has 0 atom stereocenters. The van der Waals surface area contributed by atoms with Crippen molar-refractivity contribution in [1.82, 2.24) is 0 Å². The van der Waals surface area contributed by atoms with Crippen molar-refractivity contribution in [3.63, 3.8) is 0 Å². The minimum Gasteiger partial charge on any atom is -0.0613 e. The molecule has 4 aromatic carbocycles. The van der Waals surface area contributed by atoms with Gasteiger partial charge >= 0.3 is 0 Å². The summed E-state index contributed by atoms with van der Waals surface area (Å²) < 4.78 is 0. The van der Waals surface area contributed by atoms with Crippen LogP contribution in [0.3, 0.4) is 0 Å². The molecule has 0 saturated heterocycles. The Balaban J connectivity index is 2.04. The van der Waals surface area contributed by atoms with Crippen LogP contribution in [0.4, 0.5) is 0 Å². The van der Waals surface area contributed by atoms with E-state index >= 15 is 0 Å². The highest BCUT2D eigenvalue weighted by molar-refractivity contribution is 5.92. The molecule has 0 spiro atoms. The molecule has 0 aliphatic carbocycles. The number of hydrogen-bond acceptors (Lipinski definition) is 0. The normalized spacial score (nSPS) is 11.0. The predicted molar refractivity (Wildman–Crippen MR) is 136 cm³/mol. The first-order valence-corrected chi connectivity index (χ1v) is 11.3. The quantitative estimate of drug-likeness (QED) is 0.319. The molecule has 0 aliphatic heterocycles. The van der Waals surface area contributed by atoms with Crippen LogP contribution in [0.15, 0.2) is 72.8 Å². The molecular weight excluding hydrogens is 372 g/mol. The van der Waals surface area contributed by atoms with Gasteiger partial charge in [0, 0.05) is 0 Å². The van der Waals surface area contributed by atoms with Gasteiger partial charge in [0.2, 0.25) is 0 Å². The molecule has 0 aromatic heterocycles. The molecule has 0 aliphatic rings. The molecule has 31 heavy (non-hydrogen) atoms. The lowest BCUT2D eigenvalue weighted by Gasteiger charge is -2.20. The maximum atomic E-state index is 2.37. The fourth-order valence-electron chi connectivity index (χ4n) is 4.53. The highest BCUT2D eigenvalue weighted by Gasteiger charge is 2.17. The first-order chi connectivity index (χ1) is 14.9. The van der Waals surface area contributed by atoms with Crippen LogP contribution < -0.4 is 0 Å². The van der Waals surface area contributed by atoms with E-state index in [9.17, 15) is 0 Å². The van der Waals surface area contributed by atoms with E-state index in [4.69, 9.17) is 0 Å².